The Balaban J connectivity index is 1.37. The van der Waals surface area contributed by atoms with Crippen LogP contribution < -0.4 is 20.9 Å². The Morgan fingerprint density at radius 1 is 1.00 bits per heavy atom. The minimum Gasteiger partial charge on any atom is -0.487 e. The number of aryl methyl sites for hydroxylation is 2. The van der Waals surface area contributed by atoms with Crippen molar-refractivity contribution in [1.82, 2.24) is 9.38 Å². The van der Waals surface area contributed by atoms with E-state index in [0.717, 1.165) is 16.8 Å². The third-order valence-electron chi connectivity index (χ3n) is 4.75. The van der Waals surface area contributed by atoms with Crippen LogP contribution >= 0.6 is 0 Å². The van der Waals surface area contributed by atoms with Gasteiger partial charge in [-0.05, 0) is 61.4 Å². The SMILES string of the molecule is Cc1ccc2nc(COc3ccc(NC(=O)Nc4ccccc4C)cc3)cc(=O)n2c1. The first kappa shape index (κ1) is 20.2. The number of pyridine rings is 1. The number of fused-ring (bicyclic) bond motifs is 1. The third kappa shape index (κ3) is 4.90. The summed E-state index contributed by atoms with van der Waals surface area (Å²) in [5, 5.41) is 5.61. The van der Waals surface area contributed by atoms with Crippen LogP contribution in [0.5, 0.6) is 5.75 Å². The normalized spacial score (nSPS) is 10.6. The first-order valence-corrected chi connectivity index (χ1v) is 9.83. The molecule has 0 unspecified atom stereocenters. The van der Waals surface area contributed by atoms with Gasteiger partial charge >= 0.3 is 6.03 Å². The number of nitrogens with zero attached hydrogens (tertiary/aromatic N) is 2. The van der Waals surface area contributed by atoms with E-state index in [2.05, 4.69) is 15.6 Å². The molecule has 2 aromatic heterocycles. The van der Waals surface area contributed by atoms with E-state index in [1.165, 1.54) is 10.5 Å². The molecule has 2 heterocycles. The maximum absolute atomic E-state index is 12.3. The lowest BCUT2D eigenvalue weighted by molar-refractivity contribution is 0.262. The molecule has 4 rings (SSSR count). The Kier molecular flexibility index (Phi) is 5.66. The van der Waals surface area contributed by atoms with Crippen LogP contribution in [0, 0.1) is 13.8 Å². The number of aromatic nitrogens is 2. The number of urea groups is 1. The van der Waals surface area contributed by atoms with Crippen molar-refractivity contribution in [3.8, 4) is 5.75 Å². The quantitative estimate of drug-likeness (QED) is 0.502. The summed E-state index contributed by atoms with van der Waals surface area (Å²) in [6, 6.07) is 19.4. The standard InChI is InChI=1S/C24H22N4O3/c1-16-7-12-22-25-19(13-23(29)28(22)14-16)15-31-20-10-8-18(9-11-20)26-24(30)27-21-6-4-3-5-17(21)2/h3-14H,15H2,1-2H3,(H2,26,27,30). The van der Waals surface area contributed by atoms with E-state index in [1.54, 1.807) is 30.5 Å². The topological polar surface area (TPSA) is 84.7 Å². The first-order chi connectivity index (χ1) is 15.0. The summed E-state index contributed by atoms with van der Waals surface area (Å²) in [5.74, 6) is 0.607. The predicted octanol–water partition coefficient (Wildman–Crippen LogP) is 4.53. The molecule has 0 bridgehead atoms. The summed E-state index contributed by atoms with van der Waals surface area (Å²) in [7, 11) is 0. The molecular weight excluding hydrogens is 392 g/mol. The van der Waals surface area contributed by atoms with Crippen molar-refractivity contribution < 1.29 is 9.53 Å². The molecule has 0 radical (unpaired) electrons. The van der Waals surface area contributed by atoms with Gasteiger partial charge in [-0.1, -0.05) is 24.3 Å². The van der Waals surface area contributed by atoms with Gasteiger partial charge in [-0.25, -0.2) is 9.78 Å². The molecule has 2 aromatic carbocycles. The molecule has 0 saturated carbocycles. The van der Waals surface area contributed by atoms with E-state index >= 15 is 0 Å². The second-order valence-corrected chi connectivity index (χ2v) is 7.23. The Bertz CT molecular complexity index is 1300. The smallest absolute Gasteiger partial charge is 0.323 e. The molecule has 0 aliphatic rings. The van der Waals surface area contributed by atoms with Gasteiger partial charge in [0.25, 0.3) is 5.56 Å². The second kappa shape index (κ2) is 8.71. The van der Waals surface area contributed by atoms with Crippen LogP contribution in [0.15, 0.2) is 77.7 Å². The zero-order valence-electron chi connectivity index (χ0n) is 17.3. The average molecular weight is 414 g/mol. The summed E-state index contributed by atoms with van der Waals surface area (Å²) >= 11 is 0. The number of anilines is 2. The van der Waals surface area contributed by atoms with Gasteiger partial charge in [0.1, 0.15) is 18.0 Å². The number of carbonyl (C=O) groups excluding carboxylic acids is 1. The van der Waals surface area contributed by atoms with Crippen LogP contribution in [0.1, 0.15) is 16.8 Å². The Labute approximate surface area is 179 Å². The third-order valence-corrected chi connectivity index (χ3v) is 4.75. The summed E-state index contributed by atoms with van der Waals surface area (Å²) in [5.41, 5.74) is 4.35. The van der Waals surface area contributed by atoms with E-state index in [0.29, 0.717) is 22.8 Å². The van der Waals surface area contributed by atoms with Crippen LogP contribution in [0.3, 0.4) is 0 Å². The van der Waals surface area contributed by atoms with E-state index in [1.807, 2.05) is 50.2 Å². The van der Waals surface area contributed by atoms with Crippen molar-refractivity contribution in [2.75, 3.05) is 10.6 Å². The first-order valence-electron chi connectivity index (χ1n) is 9.83. The second-order valence-electron chi connectivity index (χ2n) is 7.23. The highest BCUT2D eigenvalue weighted by Gasteiger charge is 2.06. The summed E-state index contributed by atoms with van der Waals surface area (Å²) in [6.07, 6.45) is 1.76. The Morgan fingerprint density at radius 2 is 1.77 bits per heavy atom. The molecule has 0 saturated heterocycles. The lowest BCUT2D eigenvalue weighted by Crippen LogP contribution is -2.19. The summed E-state index contributed by atoms with van der Waals surface area (Å²) in [6.45, 7) is 4.02. The van der Waals surface area contributed by atoms with E-state index in [9.17, 15) is 9.59 Å². The van der Waals surface area contributed by atoms with Gasteiger partial charge in [0.15, 0.2) is 0 Å². The lowest BCUT2D eigenvalue weighted by Gasteiger charge is -2.11. The molecule has 0 aliphatic carbocycles. The Hall–Kier alpha value is -4.13. The minimum absolute atomic E-state index is 0.147. The number of para-hydroxylation sites is 1. The van der Waals surface area contributed by atoms with E-state index < -0.39 is 0 Å². The van der Waals surface area contributed by atoms with Gasteiger partial charge in [-0.2, -0.15) is 0 Å². The number of hydrogen-bond acceptors (Lipinski definition) is 4. The monoisotopic (exact) mass is 414 g/mol. The van der Waals surface area contributed by atoms with Gasteiger partial charge < -0.3 is 15.4 Å². The number of amides is 2. The fourth-order valence-electron chi connectivity index (χ4n) is 3.12. The molecule has 7 heteroatoms. The summed E-state index contributed by atoms with van der Waals surface area (Å²) < 4.78 is 7.27. The zero-order chi connectivity index (χ0) is 21.8. The highest BCUT2D eigenvalue weighted by atomic mass is 16.5. The Morgan fingerprint density at radius 3 is 2.55 bits per heavy atom. The van der Waals surface area contributed by atoms with Crippen molar-refractivity contribution >= 4 is 23.1 Å². The van der Waals surface area contributed by atoms with Crippen molar-refractivity contribution in [2.24, 2.45) is 0 Å². The van der Waals surface area contributed by atoms with E-state index in [4.69, 9.17) is 4.74 Å². The molecule has 0 aliphatic heterocycles. The van der Waals surface area contributed by atoms with Gasteiger partial charge in [0.05, 0.1) is 5.69 Å². The molecular formula is C24H22N4O3. The summed E-state index contributed by atoms with van der Waals surface area (Å²) in [4.78, 5) is 28.9. The lowest BCUT2D eigenvalue weighted by atomic mass is 10.2. The molecule has 156 valence electrons. The van der Waals surface area contributed by atoms with Gasteiger partial charge in [0, 0.05) is 23.6 Å². The highest BCUT2D eigenvalue weighted by Crippen LogP contribution is 2.18. The van der Waals surface area contributed by atoms with Crippen LogP contribution in [-0.4, -0.2) is 15.4 Å². The van der Waals surface area contributed by atoms with Gasteiger partial charge in [0.2, 0.25) is 0 Å². The molecule has 4 aromatic rings. The highest BCUT2D eigenvalue weighted by molar-refractivity contribution is 6.00. The zero-order valence-corrected chi connectivity index (χ0v) is 17.3. The van der Waals surface area contributed by atoms with Crippen molar-refractivity contribution in [3.05, 3.63) is 100 Å². The van der Waals surface area contributed by atoms with Crippen LogP contribution in [-0.2, 0) is 6.61 Å². The van der Waals surface area contributed by atoms with Crippen LogP contribution in [0.25, 0.3) is 5.65 Å². The minimum atomic E-state index is -0.320. The maximum Gasteiger partial charge on any atom is 0.323 e. The average Bonchev–Trinajstić information content (AvgIpc) is 2.75. The van der Waals surface area contributed by atoms with Crippen molar-refractivity contribution in [3.63, 3.8) is 0 Å². The number of carbonyl (C=O) groups is 1. The number of ether oxygens (including phenoxy) is 1. The molecule has 31 heavy (non-hydrogen) atoms. The number of nitrogens with one attached hydrogen (secondary N) is 2. The molecule has 2 N–H and O–H groups in total. The molecule has 0 fully saturated rings. The molecule has 0 spiro atoms. The molecule has 2 amide bonds. The van der Waals surface area contributed by atoms with E-state index in [-0.39, 0.29) is 18.2 Å². The van der Waals surface area contributed by atoms with Gasteiger partial charge in [-0.3, -0.25) is 9.20 Å². The fraction of sp³-hybridized carbons (Fsp3) is 0.125. The maximum atomic E-state index is 12.3. The molecule has 7 nitrogen and oxygen atoms in total. The largest absolute Gasteiger partial charge is 0.487 e. The van der Waals surface area contributed by atoms with Crippen LogP contribution in [0.2, 0.25) is 0 Å². The van der Waals surface area contributed by atoms with Gasteiger partial charge in [-0.15, -0.1) is 0 Å². The molecule has 0 atom stereocenters. The number of rotatable bonds is 5. The van der Waals surface area contributed by atoms with Crippen molar-refractivity contribution in [1.29, 1.82) is 0 Å². The van der Waals surface area contributed by atoms with Crippen molar-refractivity contribution in [2.45, 2.75) is 20.5 Å². The fourth-order valence-corrected chi connectivity index (χ4v) is 3.12. The number of hydrogen-bond donors (Lipinski definition) is 2. The van der Waals surface area contributed by atoms with Crippen LogP contribution in [0.4, 0.5) is 16.2 Å². The number of benzene rings is 2. The predicted molar refractivity (Wildman–Crippen MR) is 121 cm³/mol.